The molecule has 0 N–H and O–H groups in total. The molecule has 4 heterocycles. The lowest BCUT2D eigenvalue weighted by Gasteiger charge is -2.32. The Morgan fingerprint density at radius 2 is 2.38 bits per heavy atom. The maximum atomic E-state index is 12.6. The summed E-state index contributed by atoms with van der Waals surface area (Å²) in [4.78, 5) is 18.9. The molecule has 0 aromatic carbocycles. The van der Waals surface area contributed by atoms with Gasteiger partial charge in [0.25, 0.3) is 5.91 Å². The van der Waals surface area contributed by atoms with Crippen LogP contribution in [-0.2, 0) is 6.42 Å². The van der Waals surface area contributed by atoms with Crippen LogP contribution in [-0.4, -0.2) is 34.0 Å². The van der Waals surface area contributed by atoms with Crippen molar-refractivity contribution in [2.24, 2.45) is 5.92 Å². The zero-order valence-electron chi connectivity index (χ0n) is 14.1. The normalized spacial score (nSPS) is 17.4. The van der Waals surface area contributed by atoms with Crippen LogP contribution in [0.3, 0.4) is 0 Å². The molecular formula is C18H18N4O3S. The van der Waals surface area contributed by atoms with Crippen LogP contribution in [0.2, 0.25) is 0 Å². The molecule has 3 aromatic rings. The van der Waals surface area contributed by atoms with Crippen LogP contribution in [0.4, 0.5) is 0 Å². The molecule has 0 aliphatic carbocycles. The number of hydrogen-bond donors (Lipinski definition) is 0. The van der Waals surface area contributed by atoms with E-state index in [2.05, 4.69) is 10.1 Å². The molecule has 1 unspecified atom stereocenters. The number of pyridine rings is 1. The minimum Gasteiger partial charge on any atom is -0.619 e. The topological polar surface area (TPSA) is 86.2 Å². The van der Waals surface area contributed by atoms with Crippen LogP contribution in [0.1, 0.15) is 29.1 Å². The van der Waals surface area contributed by atoms with Crippen molar-refractivity contribution < 1.29 is 14.0 Å². The number of amides is 1. The van der Waals surface area contributed by atoms with Gasteiger partial charge in [0.1, 0.15) is 5.56 Å². The summed E-state index contributed by atoms with van der Waals surface area (Å²) in [5.41, 5.74) is 1.38. The molecule has 7 nitrogen and oxygen atoms in total. The van der Waals surface area contributed by atoms with Gasteiger partial charge in [-0.05, 0) is 36.3 Å². The molecule has 0 bridgehead atoms. The van der Waals surface area contributed by atoms with Gasteiger partial charge in [0.15, 0.2) is 12.4 Å². The van der Waals surface area contributed by atoms with Crippen LogP contribution in [0.25, 0.3) is 11.4 Å². The summed E-state index contributed by atoms with van der Waals surface area (Å²) in [6.07, 6.45) is 5.27. The molecule has 0 spiro atoms. The molecule has 1 saturated heterocycles. The fraction of sp³-hybridized carbons (Fsp3) is 0.333. The number of carbonyl (C=O) groups is 1. The Hall–Kier alpha value is -2.74. The van der Waals surface area contributed by atoms with E-state index in [1.54, 1.807) is 28.4 Å². The lowest BCUT2D eigenvalue weighted by molar-refractivity contribution is -0.605. The second-order valence-corrected chi connectivity index (χ2v) is 7.22. The molecule has 3 aromatic heterocycles. The minimum absolute atomic E-state index is 0.107. The number of piperidine rings is 1. The first kappa shape index (κ1) is 16.7. The Morgan fingerprint density at radius 3 is 3.19 bits per heavy atom. The fourth-order valence-electron chi connectivity index (χ4n) is 3.27. The van der Waals surface area contributed by atoms with Crippen molar-refractivity contribution in [3.8, 4) is 11.4 Å². The van der Waals surface area contributed by atoms with Gasteiger partial charge >= 0.3 is 0 Å². The summed E-state index contributed by atoms with van der Waals surface area (Å²) in [5, 5.41) is 19.4. The zero-order valence-corrected chi connectivity index (χ0v) is 14.9. The third-order valence-electron chi connectivity index (χ3n) is 4.54. The third-order valence-corrected chi connectivity index (χ3v) is 5.22. The van der Waals surface area contributed by atoms with Crippen LogP contribution in [0, 0.1) is 11.1 Å². The van der Waals surface area contributed by atoms with Crippen molar-refractivity contribution >= 4 is 17.2 Å². The van der Waals surface area contributed by atoms with Crippen molar-refractivity contribution in [3.63, 3.8) is 0 Å². The van der Waals surface area contributed by atoms with E-state index in [9.17, 15) is 10.0 Å². The van der Waals surface area contributed by atoms with Crippen molar-refractivity contribution in [2.75, 3.05) is 13.1 Å². The van der Waals surface area contributed by atoms with Gasteiger partial charge in [0, 0.05) is 36.5 Å². The molecule has 8 heteroatoms. The van der Waals surface area contributed by atoms with Gasteiger partial charge in [-0.1, -0.05) is 5.16 Å². The van der Waals surface area contributed by atoms with E-state index in [0.29, 0.717) is 41.5 Å². The third kappa shape index (κ3) is 3.60. The predicted octanol–water partition coefficient (Wildman–Crippen LogP) is 2.53. The molecule has 0 saturated carbocycles. The zero-order chi connectivity index (χ0) is 17.9. The lowest BCUT2D eigenvalue weighted by Crippen LogP contribution is -2.41. The fourth-order valence-corrected chi connectivity index (χ4v) is 3.91. The first-order chi connectivity index (χ1) is 12.7. The largest absolute Gasteiger partial charge is 0.619 e. The Morgan fingerprint density at radius 1 is 1.46 bits per heavy atom. The summed E-state index contributed by atoms with van der Waals surface area (Å²) in [6, 6.07) is 5.22. The van der Waals surface area contributed by atoms with E-state index in [4.69, 9.17) is 4.52 Å². The second kappa shape index (κ2) is 7.25. The van der Waals surface area contributed by atoms with Crippen LogP contribution in [0.15, 0.2) is 45.9 Å². The first-order valence-electron chi connectivity index (χ1n) is 8.52. The van der Waals surface area contributed by atoms with E-state index < -0.39 is 0 Å². The Bertz CT molecular complexity index is 893. The molecule has 0 radical (unpaired) electrons. The van der Waals surface area contributed by atoms with Crippen molar-refractivity contribution in [3.05, 3.63) is 58.0 Å². The maximum absolute atomic E-state index is 12.6. The molecule has 1 aliphatic heterocycles. The van der Waals surface area contributed by atoms with Crippen LogP contribution in [0.5, 0.6) is 0 Å². The van der Waals surface area contributed by atoms with E-state index in [0.717, 1.165) is 18.4 Å². The number of nitrogens with zero attached hydrogens (tertiary/aromatic N) is 4. The quantitative estimate of drug-likeness (QED) is 0.520. The van der Waals surface area contributed by atoms with Crippen molar-refractivity contribution in [1.29, 1.82) is 0 Å². The highest BCUT2D eigenvalue weighted by Crippen LogP contribution is 2.24. The van der Waals surface area contributed by atoms with Crippen LogP contribution < -0.4 is 4.73 Å². The van der Waals surface area contributed by atoms with Gasteiger partial charge in [-0.3, -0.25) is 4.79 Å². The van der Waals surface area contributed by atoms with E-state index >= 15 is 0 Å². The minimum atomic E-state index is -0.107. The molecule has 4 rings (SSSR count). The van der Waals surface area contributed by atoms with Crippen molar-refractivity contribution in [1.82, 2.24) is 15.0 Å². The van der Waals surface area contributed by atoms with E-state index in [-0.39, 0.29) is 11.8 Å². The van der Waals surface area contributed by atoms with Gasteiger partial charge in [-0.2, -0.15) is 21.1 Å². The second-order valence-electron chi connectivity index (χ2n) is 6.44. The highest BCUT2D eigenvalue weighted by Gasteiger charge is 2.27. The summed E-state index contributed by atoms with van der Waals surface area (Å²) in [6.45, 7) is 1.33. The highest BCUT2D eigenvalue weighted by molar-refractivity contribution is 7.08. The number of carbonyl (C=O) groups excluding carboxylic acids is 1. The number of aromatic nitrogens is 3. The molecule has 1 amide bonds. The lowest BCUT2D eigenvalue weighted by atomic mass is 9.94. The average Bonchev–Trinajstić information content (AvgIpc) is 3.33. The maximum Gasteiger partial charge on any atom is 0.259 e. The number of likely N-dealkylation sites (tertiary alicyclic amines) is 1. The predicted molar refractivity (Wildman–Crippen MR) is 95.3 cm³/mol. The molecule has 1 fully saturated rings. The SMILES string of the molecule is O=C(c1ccc[n+]([O-])c1)N1CCCC(Cc2nc(-c3ccsc3)no2)C1. The smallest absolute Gasteiger partial charge is 0.259 e. The highest BCUT2D eigenvalue weighted by atomic mass is 32.1. The number of thiophene rings is 1. The molecule has 134 valence electrons. The number of hydrogen-bond acceptors (Lipinski definition) is 6. The van der Waals surface area contributed by atoms with Gasteiger partial charge in [-0.25, -0.2) is 0 Å². The van der Waals surface area contributed by atoms with E-state index in [1.807, 2.05) is 16.8 Å². The van der Waals surface area contributed by atoms with Gasteiger partial charge in [-0.15, -0.1) is 0 Å². The van der Waals surface area contributed by atoms with Crippen molar-refractivity contribution in [2.45, 2.75) is 19.3 Å². The Balaban J connectivity index is 1.41. The monoisotopic (exact) mass is 370 g/mol. The summed E-state index contributed by atoms with van der Waals surface area (Å²) < 4.78 is 6.03. The van der Waals surface area contributed by atoms with Gasteiger partial charge in [0.2, 0.25) is 11.7 Å². The molecule has 26 heavy (non-hydrogen) atoms. The standard InChI is InChI=1S/C18H18N4O3S/c23-18(14-4-2-7-22(24)11-14)21-6-1-3-13(10-21)9-16-19-17(20-25-16)15-5-8-26-12-15/h2,4-5,7-8,11-13H,1,3,6,9-10H2. The Kier molecular flexibility index (Phi) is 4.66. The molecule has 1 aliphatic rings. The summed E-state index contributed by atoms with van der Waals surface area (Å²) in [7, 11) is 0. The van der Waals surface area contributed by atoms with Crippen LogP contribution >= 0.6 is 11.3 Å². The summed E-state index contributed by atoms with van der Waals surface area (Å²) in [5.74, 6) is 1.37. The first-order valence-corrected chi connectivity index (χ1v) is 9.46. The van der Waals surface area contributed by atoms with Gasteiger partial charge in [0.05, 0.1) is 0 Å². The molecule has 1 atom stereocenters. The average molecular weight is 370 g/mol. The number of rotatable bonds is 4. The summed E-state index contributed by atoms with van der Waals surface area (Å²) >= 11 is 1.59. The van der Waals surface area contributed by atoms with E-state index in [1.165, 1.54) is 12.4 Å². The van der Waals surface area contributed by atoms with Gasteiger partial charge < -0.3 is 14.6 Å². The Labute approximate surface area is 154 Å². The molecular weight excluding hydrogens is 352 g/mol.